The van der Waals surface area contributed by atoms with E-state index >= 15 is 0 Å². The van der Waals surface area contributed by atoms with Gasteiger partial charge in [-0.05, 0) is 47.5 Å². The molecule has 6 heteroatoms. The molecule has 3 rings (SSSR count). The van der Waals surface area contributed by atoms with Gasteiger partial charge in [-0.3, -0.25) is 4.79 Å². The predicted octanol–water partition coefficient (Wildman–Crippen LogP) is 4.39. The van der Waals surface area contributed by atoms with Crippen LogP contribution in [0.5, 0.6) is 17.2 Å². The number of nitrogens with one attached hydrogen (secondary N) is 1. The molecule has 0 spiro atoms. The van der Waals surface area contributed by atoms with E-state index in [0.29, 0.717) is 23.4 Å². The maximum atomic E-state index is 12.3. The summed E-state index contributed by atoms with van der Waals surface area (Å²) in [5, 5.41) is 30.4. The van der Waals surface area contributed by atoms with E-state index in [1.807, 2.05) is 42.5 Å². The zero-order chi connectivity index (χ0) is 21.3. The standard InChI is InChI=1S/C24H20N2O4/c25-14-13-17-5-9-20(10-6-17)30-16-19-3-1-2-4-21(19)26-24(29)12-8-18-7-11-22(27)23(28)15-18/h1-12,15,27-28H,13,16H2,(H,26,29)/b12-8+. The zero-order valence-corrected chi connectivity index (χ0v) is 16.1. The molecule has 0 unspecified atom stereocenters. The minimum atomic E-state index is -0.337. The minimum absolute atomic E-state index is 0.217. The van der Waals surface area contributed by atoms with Gasteiger partial charge in [0.15, 0.2) is 11.5 Å². The van der Waals surface area contributed by atoms with E-state index in [9.17, 15) is 15.0 Å². The second-order valence-electron chi connectivity index (χ2n) is 6.50. The first kappa shape index (κ1) is 20.5. The molecule has 0 atom stereocenters. The molecule has 3 aromatic carbocycles. The van der Waals surface area contributed by atoms with Gasteiger partial charge in [0.1, 0.15) is 12.4 Å². The van der Waals surface area contributed by atoms with Crippen molar-refractivity contribution in [2.24, 2.45) is 0 Å². The van der Waals surface area contributed by atoms with E-state index < -0.39 is 0 Å². The molecular weight excluding hydrogens is 380 g/mol. The number of aromatic hydroxyl groups is 2. The maximum absolute atomic E-state index is 12.3. The van der Waals surface area contributed by atoms with Crippen molar-refractivity contribution in [3.05, 3.63) is 89.5 Å². The molecule has 0 aliphatic carbocycles. The number of nitrogens with zero attached hydrogens (tertiary/aromatic N) is 1. The summed E-state index contributed by atoms with van der Waals surface area (Å²) in [5.74, 6) is -0.133. The first-order valence-electron chi connectivity index (χ1n) is 9.23. The van der Waals surface area contributed by atoms with Gasteiger partial charge in [-0.2, -0.15) is 5.26 Å². The molecule has 0 saturated carbocycles. The molecule has 0 fully saturated rings. The molecule has 1 amide bonds. The van der Waals surface area contributed by atoms with Crippen molar-refractivity contribution in [2.45, 2.75) is 13.0 Å². The normalized spacial score (nSPS) is 10.5. The lowest BCUT2D eigenvalue weighted by Crippen LogP contribution is -2.10. The summed E-state index contributed by atoms with van der Waals surface area (Å²) < 4.78 is 5.80. The Kier molecular flexibility index (Phi) is 6.70. The molecule has 150 valence electrons. The van der Waals surface area contributed by atoms with Crippen molar-refractivity contribution in [1.29, 1.82) is 5.26 Å². The number of nitriles is 1. The van der Waals surface area contributed by atoms with E-state index in [4.69, 9.17) is 10.00 Å². The third-order valence-corrected chi connectivity index (χ3v) is 4.30. The van der Waals surface area contributed by atoms with Crippen LogP contribution in [-0.2, 0) is 17.8 Å². The van der Waals surface area contributed by atoms with E-state index in [2.05, 4.69) is 11.4 Å². The number of amides is 1. The summed E-state index contributed by atoms with van der Waals surface area (Å²) in [6.45, 7) is 0.267. The predicted molar refractivity (Wildman–Crippen MR) is 114 cm³/mol. The molecule has 0 saturated heterocycles. The van der Waals surface area contributed by atoms with E-state index in [1.54, 1.807) is 12.1 Å². The van der Waals surface area contributed by atoms with Crippen LogP contribution in [0.1, 0.15) is 16.7 Å². The number of phenolic OH excluding ortho intramolecular Hbond substituents is 2. The summed E-state index contributed by atoms with van der Waals surface area (Å²) in [5.41, 5.74) is 2.94. The highest BCUT2D eigenvalue weighted by Crippen LogP contribution is 2.25. The van der Waals surface area contributed by atoms with Crippen LogP contribution in [0.2, 0.25) is 0 Å². The van der Waals surface area contributed by atoms with Gasteiger partial charge in [-0.25, -0.2) is 0 Å². The van der Waals surface area contributed by atoms with Crippen LogP contribution in [-0.4, -0.2) is 16.1 Å². The van der Waals surface area contributed by atoms with Crippen molar-refractivity contribution in [1.82, 2.24) is 0 Å². The molecule has 0 aliphatic heterocycles. The highest BCUT2D eigenvalue weighted by atomic mass is 16.5. The molecular formula is C24H20N2O4. The van der Waals surface area contributed by atoms with Crippen LogP contribution < -0.4 is 10.1 Å². The first-order chi connectivity index (χ1) is 14.5. The first-order valence-corrected chi connectivity index (χ1v) is 9.23. The topological polar surface area (TPSA) is 103 Å². The summed E-state index contributed by atoms with van der Waals surface area (Å²) in [7, 11) is 0. The average molecular weight is 400 g/mol. The number of ether oxygens (including phenoxy) is 1. The molecule has 0 aliphatic rings. The molecule has 6 nitrogen and oxygen atoms in total. The lowest BCUT2D eigenvalue weighted by atomic mass is 10.1. The van der Waals surface area contributed by atoms with Crippen molar-refractivity contribution >= 4 is 17.7 Å². The third kappa shape index (κ3) is 5.63. The van der Waals surface area contributed by atoms with Crippen LogP contribution >= 0.6 is 0 Å². The third-order valence-electron chi connectivity index (χ3n) is 4.30. The van der Waals surface area contributed by atoms with Crippen molar-refractivity contribution < 1.29 is 19.7 Å². The second-order valence-corrected chi connectivity index (χ2v) is 6.50. The fourth-order valence-corrected chi connectivity index (χ4v) is 2.71. The lowest BCUT2D eigenvalue weighted by Gasteiger charge is -2.11. The SMILES string of the molecule is N#CCc1ccc(OCc2ccccc2NC(=O)/C=C/c2ccc(O)c(O)c2)cc1. The summed E-state index contributed by atoms with van der Waals surface area (Å²) in [6, 6.07) is 21.0. The number of hydrogen-bond donors (Lipinski definition) is 3. The van der Waals surface area contributed by atoms with Crippen LogP contribution in [0, 0.1) is 11.3 Å². The fraction of sp³-hybridized carbons (Fsp3) is 0.0833. The number of carbonyl (C=O) groups excluding carboxylic acids is 1. The molecule has 3 N–H and O–H groups in total. The molecule has 0 aromatic heterocycles. The van der Waals surface area contributed by atoms with Gasteiger partial charge in [0.05, 0.1) is 12.5 Å². The fourth-order valence-electron chi connectivity index (χ4n) is 2.71. The van der Waals surface area contributed by atoms with Crippen LogP contribution in [0.15, 0.2) is 72.8 Å². The molecule has 0 heterocycles. The number of carbonyl (C=O) groups is 1. The smallest absolute Gasteiger partial charge is 0.248 e. The Hall–Kier alpha value is -4.24. The van der Waals surface area contributed by atoms with Crippen molar-refractivity contribution in [2.75, 3.05) is 5.32 Å². The molecule has 3 aromatic rings. The van der Waals surface area contributed by atoms with E-state index in [1.165, 1.54) is 24.3 Å². The Bertz CT molecular complexity index is 1100. The van der Waals surface area contributed by atoms with E-state index in [-0.39, 0.29) is 24.0 Å². The Labute approximate surface area is 174 Å². The Morgan fingerprint density at radius 2 is 1.80 bits per heavy atom. The van der Waals surface area contributed by atoms with Crippen LogP contribution in [0.4, 0.5) is 5.69 Å². The number of benzene rings is 3. The highest BCUT2D eigenvalue weighted by Gasteiger charge is 2.06. The monoisotopic (exact) mass is 400 g/mol. The number of hydrogen-bond acceptors (Lipinski definition) is 5. The maximum Gasteiger partial charge on any atom is 0.248 e. The number of para-hydroxylation sites is 1. The zero-order valence-electron chi connectivity index (χ0n) is 16.1. The van der Waals surface area contributed by atoms with Gasteiger partial charge in [0.25, 0.3) is 0 Å². The Morgan fingerprint density at radius 1 is 1.03 bits per heavy atom. The minimum Gasteiger partial charge on any atom is -0.504 e. The Balaban J connectivity index is 1.62. The van der Waals surface area contributed by atoms with Gasteiger partial charge in [0, 0.05) is 17.3 Å². The summed E-state index contributed by atoms with van der Waals surface area (Å²) in [6.07, 6.45) is 3.24. The lowest BCUT2D eigenvalue weighted by molar-refractivity contribution is -0.111. The Morgan fingerprint density at radius 3 is 2.53 bits per heavy atom. The number of anilines is 1. The summed E-state index contributed by atoms with van der Waals surface area (Å²) in [4.78, 5) is 12.3. The van der Waals surface area contributed by atoms with Gasteiger partial charge >= 0.3 is 0 Å². The molecule has 30 heavy (non-hydrogen) atoms. The number of rotatable bonds is 7. The largest absolute Gasteiger partial charge is 0.504 e. The molecule has 0 bridgehead atoms. The van der Waals surface area contributed by atoms with Crippen LogP contribution in [0.3, 0.4) is 0 Å². The molecule has 0 radical (unpaired) electrons. The van der Waals surface area contributed by atoms with Gasteiger partial charge in [-0.15, -0.1) is 0 Å². The second kappa shape index (κ2) is 9.80. The van der Waals surface area contributed by atoms with Crippen LogP contribution in [0.25, 0.3) is 6.08 Å². The van der Waals surface area contributed by atoms with Gasteiger partial charge in [-0.1, -0.05) is 36.4 Å². The average Bonchev–Trinajstić information content (AvgIpc) is 2.75. The quantitative estimate of drug-likeness (QED) is 0.403. The number of phenols is 2. The summed E-state index contributed by atoms with van der Waals surface area (Å²) >= 11 is 0. The van der Waals surface area contributed by atoms with E-state index in [0.717, 1.165) is 11.1 Å². The van der Waals surface area contributed by atoms with Gasteiger partial charge in [0.2, 0.25) is 5.91 Å². The van der Waals surface area contributed by atoms with Crippen molar-refractivity contribution in [3.8, 4) is 23.3 Å². The van der Waals surface area contributed by atoms with Gasteiger partial charge < -0.3 is 20.3 Å². The van der Waals surface area contributed by atoms with Crippen molar-refractivity contribution in [3.63, 3.8) is 0 Å². The highest BCUT2D eigenvalue weighted by molar-refractivity contribution is 6.02.